The Kier molecular flexibility index (Phi) is 5.51. The van der Waals surface area contributed by atoms with Gasteiger partial charge >= 0.3 is 0 Å². The molecule has 1 heterocycles. The van der Waals surface area contributed by atoms with Crippen LogP contribution in [0.2, 0.25) is 5.02 Å². The van der Waals surface area contributed by atoms with E-state index in [9.17, 15) is 9.59 Å². The molecular weight excluding hydrogens is 376 g/mol. The smallest absolute Gasteiger partial charge is 0.272 e. The van der Waals surface area contributed by atoms with Gasteiger partial charge in [0.05, 0.1) is 17.9 Å². The normalized spacial score (nSPS) is 10.7. The van der Waals surface area contributed by atoms with Crippen LogP contribution in [0.4, 0.5) is 0 Å². The highest BCUT2D eigenvalue weighted by atomic mass is 35.5. The SMILES string of the molecule is Cc1ccc(-c2c(C)c(C(=O)NCC(N)=O)nn2-c2ccc(Cl)cc2C)cc1. The number of amides is 2. The number of carbonyl (C=O) groups is 2. The van der Waals surface area contributed by atoms with Crippen molar-refractivity contribution in [3.8, 4) is 16.9 Å². The summed E-state index contributed by atoms with van der Waals surface area (Å²) in [7, 11) is 0. The van der Waals surface area contributed by atoms with Gasteiger partial charge in [0.25, 0.3) is 5.91 Å². The van der Waals surface area contributed by atoms with Gasteiger partial charge in [0.1, 0.15) is 0 Å². The third-order valence-electron chi connectivity index (χ3n) is 4.47. The molecule has 0 aliphatic carbocycles. The number of benzene rings is 2. The Hall–Kier alpha value is -3.12. The van der Waals surface area contributed by atoms with Crippen molar-refractivity contribution in [2.24, 2.45) is 5.73 Å². The quantitative estimate of drug-likeness (QED) is 0.693. The molecule has 0 radical (unpaired) electrons. The first-order valence-electron chi connectivity index (χ1n) is 8.77. The maximum atomic E-state index is 12.6. The molecule has 3 rings (SSSR count). The lowest BCUT2D eigenvalue weighted by Crippen LogP contribution is -2.33. The third-order valence-corrected chi connectivity index (χ3v) is 4.71. The van der Waals surface area contributed by atoms with Crippen LogP contribution < -0.4 is 11.1 Å². The first kappa shape index (κ1) is 19.6. The average Bonchev–Trinajstić information content (AvgIpc) is 2.97. The van der Waals surface area contributed by atoms with Gasteiger partial charge in [0, 0.05) is 16.1 Å². The van der Waals surface area contributed by atoms with Gasteiger partial charge in [-0.1, -0.05) is 41.4 Å². The molecule has 28 heavy (non-hydrogen) atoms. The van der Waals surface area contributed by atoms with Crippen molar-refractivity contribution in [3.63, 3.8) is 0 Å². The van der Waals surface area contributed by atoms with E-state index in [1.807, 2.05) is 57.2 Å². The number of nitrogens with two attached hydrogens (primary N) is 1. The molecule has 0 aliphatic rings. The minimum Gasteiger partial charge on any atom is -0.368 e. The summed E-state index contributed by atoms with van der Waals surface area (Å²) in [6, 6.07) is 13.5. The fraction of sp³-hybridized carbons (Fsp3) is 0.190. The Morgan fingerprint density at radius 3 is 2.39 bits per heavy atom. The predicted molar refractivity (Wildman–Crippen MR) is 110 cm³/mol. The second kappa shape index (κ2) is 7.86. The lowest BCUT2D eigenvalue weighted by atomic mass is 10.0. The lowest BCUT2D eigenvalue weighted by Gasteiger charge is -2.12. The summed E-state index contributed by atoms with van der Waals surface area (Å²) in [6.45, 7) is 5.54. The summed E-state index contributed by atoms with van der Waals surface area (Å²) >= 11 is 6.10. The second-order valence-electron chi connectivity index (χ2n) is 6.68. The molecule has 144 valence electrons. The molecule has 0 unspecified atom stereocenters. The number of nitrogens with one attached hydrogen (secondary N) is 1. The molecule has 1 aromatic heterocycles. The van der Waals surface area contributed by atoms with Crippen LogP contribution in [0, 0.1) is 20.8 Å². The minimum absolute atomic E-state index is 0.242. The first-order chi connectivity index (χ1) is 13.3. The van der Waals surface area contributed by atoms with Gasteiger partial charge in [0.2, 0.25) is 5.91 Å². The standard InChI is InChI=1S/C21H21ClN4O2/c1-12-4-6-15(7-5-12)20-14(3)19(21(28)24-11-18(23)27)25-26(20)17-9-8-16(22)10-13(17)2/h4-10H,11H2,1-3H3,(H2,23,27)(H,24,28). The first-order valence-corrected chi connectivity index (χ1v) is 9.15. The van der Waals surface area contributed by atoms with E-state index in [2.05, 4.69) is 10.4 Å². The van der Waals surface area contributed by atoms with Crippen molar-refractivity contribution >= 4 is 23.4 Å². The summed E-state index contributed by atoms with van der Waals surface area (Å²) in [4.78, 5) is 23.6. The zero-order valence-electron chi connectivity index (χ0n) is 15.9. The molecular formula is C21H21ClN4O2. The molecule has 7 heteroatoms. The van der Waals surface area contributed by atoms with Crippen molar-refractivity contribution in [2.45, 2.75) is 20.8 Å². The van der Waals surface area contributed by atoms with Gasteiger partial charge < -0.3 is 11.1 Å². The van der Waals surface area contributed by atoms with E-state index in [0.29, 0.717) is 10.6 Å². The van der Waals surface area contributed by atoms with Gasteiger partial charge in [-0.05, 0) is 44.5 Å². The number of nitrogens with zero attached hydrogens (tertiary/aromatic N) is 2. The van der Waals surface area contributed by atoms with Gasteiger partial charge in [0.15, 0.2) is 5.69 Å². The van der Waals surface area contributed by atoms with E-state index in [1.54, 1.807) is 10.7 Å². The molecule has 3 aromatic rings. The maximum Gasteiger partial charge on any atom is 0.272 e. The van der Waals surface area contributed by atoms with Crippen LogP contribution in [-0.4, -0.2) is 28.1 Å². The highest BCUT2D eigenvalue weighted by Gasteiger charge is 2.23. The van der Waals surface area contributed by atoms with Crippen molar-refractivity contribution in [1.82, 2.24) is 15.1 Å². The topological polar surface area (TPSA) is 90.0 Å². The van der Waals surface area contributed by atoms with E-state index in [-0.39, 0.29) is 12.2 Å². The summed E-state index contributed by atoms with van der Waals surface area (Å²) in [5.74, 6) is -1.06. The van der Waals surface area contributed by atoms with Crippen LogP contribution in [0.15, 0.2) is 42.5 Å². The molecule has 2 aromatic carbocycles. The average molecular weight is 397 g/mol. The molecule has 0 fully saturated rings. The van der Waals surface area contributed by atoms with E-state index in [1.165, 1.54) is 0 Å². The maximum absolute atomic E-state index is 12.6. The molecule has 0 spiro atoms. The highest BCUT2D eigenvalue weighted by Crippen LogP contribution is 2.31. The highest BCUT2D eigenvalue weighted by molar-refractivity contribution is 6.30. The Morgan fingerprint density at radius 1 is 1.11 bits per heavy atom. The number of aryl methyl sites for hydroxylation is 2. The number of hydrogen-bond donors (Lipinski definition) is 2. The van der Waals surface area contributed by atoms with E-state index < -0.39 is 11.8 Å². The third kappa shape index (κ3) is 3.92. The monoisotopic (exact) mass is 396 g/mol. The van der Waals surface area contributed by atoms with Gasteiger partial charge in [-0.2, -0.15) is 5.10 Å². The molecule has 0 atom stereocenters. The predicted octanol–water partition coefficient (Wildman–Crippen LogP) is 3.33. The number of rotatable bonds is 5. The molecule has 0 bridgehead atoms. The molecule has 3 N–H and O–H groups in total. The van der Waals surface area contributed by atoms with Crippen LogP contribution in [0.3, 0.4) is 0 Å². The van der Waals surface area contributed by atoms with Crippen molar-refractivity contribution in [2.75, 3.05) is 6.54 Å². The second-order valence-corrected chi connectivity index (χ2v) is 7.12. The molecule has 0 saturated carbocycles. The number of carbonyl (C=O) groups excluding carboxylic acids is 2. The number of primary amides is 1. The Labute approximate surface area is 168 Å². The number of halogens is 1. The summed E-state index contributed by atoms with van der Waals surface area (Å²) in [5, 5.41) is 7.69. The van der Waals surface area contributed by atoms with Crippen LogP contribution in [0.5, 0.6) is 0 Å². The van der Waals surface area contributed by atoms with Crippen molar-refractivity contribution < 1.29 is 9.59 Å². The summed E-state index contributed by atoms with van der Waals surface area (Å²) in [5.41, 5.74) is 10.7. The van der Waals surface area contributed by atoms with Gasteiger partial charge in [-0.15, -0.1) is 0 Å². The fourth-order valence-electron chi connectivity index (χ4n) is 3.04. The Balaban J connectivity index is 2.18. The number of hydrogen-bond acceptors (Lipinski definition) is 3. The number of aromatic nitrogens is 2. The van der Waals surface area contributed by atoms with Gasteiger partial charge in [-0.3, -0.25) is 9.59 Å². The zero-order chi connectivity index (χ0) is 20.4. The Bertz CT molecular complexity index is 1060. The van der Waals surface area contributed by atoms with Crippen molar-refractivity contribution in [3.05, 3.63) is 69.9 Å². The summed E-state index contributed by atoms with van der Waals surface area (Å²) in [6.07, 6.45) is 0. The van der Waals surface area contributed by atoms with Crippen molar-refractivity contribution in [1.29, 1.82) is 0 Å². The molecule has 2 amide bonds. The minimum atomic E-state index is -0.613. The molecule has 0 saturated heterocycles. The summed E-state index contributed by atoms with van der Waals surface area (Å²) < 4.78 is 1.74. The van der Waals surface area contributed by atoms with E-state index >= 15 is 0 Å². The zero-order valence-corrected chi connectivity index (χ0v) is 16.7. The van der Waals surface area contributed by atoms with Crippen LogP contribution in [0.25, 0.3) is 16.9 Å². The largest absolute Gasteiger partial charge is 0.368 e. The van der Waals surface area contributed by atoms with Crippen LogP contribution in [-0.2, 0) is 4.79 Å². The van der Waals surface area contributed by atoms with Crippen LogP contribution >= 0.6 is 11.6 Å². The van der Waals surface area contributed by atoms with Gasteiger partial charge in [-0.25, -0.2) is 4.68 Å². The van der Waals surface area contributed by atoms with E-state index in [0.717, 1.165) is 28.1 Å². The lowest BCUT2D eigenvalue weighted by molar-refractivity contribution is -0.117. The molecule has 6 nitrogen and oxygen atoms in total. The fourth-order valence-corrected chi connectivity index (χ4v) is 3.27. The Morgan fingerprint density at radius 2 is 1.79 bits per heavy atom. The van der Waals surface area contributed by atoms with Crippen LogP contribution in [0.1, 0.15) is 27.2 Å². The molecule has 0 aliphatic heterocycles. The van der Waals surface area contributed by atoms with E-state index in [4.69, 9.17) is 17.3 Å².